The van der Waals surface area contributed by atoms with Crippen LogP contribution in [0.4, 0.5) is 10.1 Å². The van der Waals surface area contributed by atoms with Gasteiger partial charge in [-0.3, -0.25) is 0 Å². The highest BCUT2D eigenvalue weighted by Crippen LogP contribution is 2.30. The molecule has 0 spiro atoms. The fraction of sp³-hybridized carbons (Fsp3) is 0.455. The molecule has 1 aromatic carbocycles. The predicted molar refractivity (Wildman–Crippen MR) is 63.8 cm³/mol. The molecular weight excluding hydrogens is 259 g/mol. The van der Waals surface area contributed by atoms with Gasteiger partial charge in [-0.2, -0.15) is 0 Å². The number of nitrogens with zero attached hydrogens (tertiary/aromatic N) is 1. The first kappa shape index (κ1) is 10.9. The normalized spacial score (nSPS) is 21.8. The molecule has 2 nitrogen and oxygen atoms in total. The molecule has 1 fully saturated rings. The van der Waals surface area contributed by atoms with E-state index in [1.54, 1.807) is 6.07 Å². The summed E-state index contributed by atoms with van der Waals surface area (Å²) >= 11 is 3.41. The molecule has 1 aromatic rings. The van der Waals surface area contributed by atoms with Crippen molar-refractivity contribution in [3.63, 3.8) is 0 Å². The van der Waals surface area contributed by atoms with Crippen LogP contribution in [0, 0.1) is 5.82 Å². The van der Waals surface area contributed by atoms with Gasteiger partial charge in [0.15, 0.2) is 0 Å². The van der Waals surface area contributed by atoms with Crippen molar-refractivity contribution in [3.8, 4) is 0 Å². The Morgan fingerprint density at radius 3 is 3.00 bits per heavy atom. The van der Waals surface area contributed by atoms with Crippen molar-refractivity contribution in [2.75, 3.05) is 24.5 Å². The zero-order valence-corrected chi connectivity index (χ0v) is 10.2. The van der Waals surface area contributed by atoms with Gasteiger partial charge in [0.2, 0.25) is 0 Å². The molecule has 0 amide bonds. The summed E-state index contributed by atoms with van der Waals surface area (Å²) in [4.78, 5) is 2.11. The average molecular weight is 273 g/mol. The number of benzene rings is 1. The summed E-state index contributed by atoms with van der Waals surface area (Å²) in [5, 5.41) is 3.29. The first-order valence-corrected chi connectivity index (χ1v) is 5.91. The molecule has 0 aliphatic carbocycles. The number of nitrogens with one attached hydrogen (secondary N) is 1. The van der Waals surface area contributed by atoms with E-state index in [4.69, 9.17) is 0 Å². The Hall–Kier alpha value is -0.610. The summed E-state index contributed by atoms with van der Waals surface area (Å²) in [5.41, 5.74) is 0.687. The molecule has 1 heterocycles. The third-order valence-electron chi connectivity index (χ3n) is 2.73. The molecule has 0 bridgehead atoms. The van der Waals surface area contributed by atoms with Crippen LogP contribution in [0.1, 0.15) is 6.92 Å². The van der Waals surface area contributed by atoms with Gasteiger partial charge in [0.25, 0.3) is 0 Å². The second-order valence-electron chi connectivity index (χ2n) is 3.82. The lowest BCUT2D eigenvalue weighted by Crippen LogP contribution is -2.50. The number of para-hydroxylation sites is 1. The molecule has 0 saturated carbocycles. The highest BCUT2D eigenvalue weighted by molar-refractivity contribution is 9.10. The largest absolute Gasteiger partial charge is 0.363 e. The monoisotopic (exact) mass is 272 g/mol. The van der Waals surface area contributed by atoms with Gasteiger partial charge in [0, 0.05) is 30.1 Å². The van der Waals surface area contributed by atoms with Crippen LogP contribution in [0.15, 0.2) is 22.7 Å². The topological polar surface area (TPSA) is 15.3 Å². The standard InChI is InChI=1S/C11H14BrFN2/c1-8-7-14-5-6-15(8)11-9(12)3-2-4-10(11)13/h2-4,8,14H,5-7H2,1H3. The number of piperazine rings is 1. The molecule has 1 unspecified atom stereocenters. The molecule has 1 N–H and O–H groups in total. The minimum Gasteiger partial charge on any atom is -0.363 e. The maximum atomic E-state index is 13.7. The van der Waals surface area contributed by atoms with Crippen molar-refractivity contribution in [3.05, 3.63) is 28.5 Å². The van der Waals surface area contributed by atoms with Gasteiger partial charge in [-0.15, -0.1) is 0 Å². The summed E-state index contributed by atoms with van der Waals surface area (Å²) in [6.45, 7) is 4.76. The van der Waals surface area contributed by atoms with E-state index in [-0.39, 0.29) is 5.82 Å². The molecule has 15 heavy (non-hydrogen) atoms. The highest BCUT2D eigenvalue weighted by atomic mass is 79.9. The van der Waals surface area contributed by atoms with E-state index >= 15 is 0 Å². The van der Waals surface area contributed by atoms with E-state index in [1.807, 2.05) is 6.07 Å². The molecule has 2 rings (SSSR count). The third kappa shape index (κ3) is 2.16. The van der Waals surface area contributed by atoms with Crippen molar-refractivity contribution in [1.82, 2.24) is 5.32 Å². The first-order valence-electron chi connectivity index (χ1n) is 5.11. The Balaban J connectivity index is 2.35. The van der Waals surface area contributed by atoms with Gasteiger partial charge < -0.3 is 10.2 Å². The Kier molecular flexibility index (Phi) is 3.26. The Bertz CT molecular complexity index is 336. The van der Waals surface area contributed by atoms with E-state index in [0.29, 0.717) is 11.7 Å². The number of hydrogen-bond donors (Lipinski definition) is 1. The van der Waals surface area contributed by atoms with Crippen molar-refractivity contribution >= 4 is 21.6 Å². The van der Waals surface area contributed by atoms with E-state index < -0.39 is 0 Å². The van der Waals surface area contributed by atoms with E-state index in [1.165, 1.54) is 6.07 Å². The van der Waals surface area contributed by atoms with Crippen LogP contribution < -0.4 is 10.2 Å². The molecule has 1 aliphatic heterocycles. The zero-order chi connectivity index (χ0) is 10.8. The summed E-state index contributed by atoms with van der Waals surface area (Å²) in [6.07, 6.45) is 0. The lowest BCUT2D eigenvalue weighted by Gasteiger charge is -2.36. The van der Waals surface area contributed by atoms with Crippen LogP contribution in [0.25, 0.3) is 0 Å². The fourth-order valence-corrected chi connectivity index (χ4v) is 2.51. The van der Waals surface area contributed by atoms with Gasteiger partial charge in [-0.05, 0) is 35.0 Å². The molecule has 0 radical (unpaired) electrons. The SMILES string of the molecule is CC1CNCCN1c1c(F)cccc1Br. The first-order chi connectivity index (χ1) is 7.20. The van der Waals surface area contributed by atoms with Crippen LogP contribution >= 0.6 is 15.9 Å². The van der Waals surface area contributed by atoms with E-state index in [2.05, 4.69) is 33.1 Å². The van der Waals surface area contributed by atoms with Gasteiger partial charge >= 0.3 is 0 Å². The third-order valence-corrected chi connectivity index (χ3v) is 3.37. The number of rotatable bonds is 1. The summed E-state index contributed by atoms with van der Waals surface area (Å²) in [6, 6.07) is 5.43. The van der Waals surface area contributed by atoms with Crippen LogP contribution in [0.3, 0.4) is 0 Å². The summed E-state index contributed by atoms with van der Waals surface area (Å²) in [5.74, 6) is -0.155. The van der Waals surface area contributed by atoms with Crippen LogP contribution in [0.5, 0.6) is 0 Å². The molecule has 0 aromatic heterocycles. The van der Waals surface area contributed by atoms with Crippen molar-refractivity contribution in [2.45, 2.75) is 13.0 Å². The smallest absolute Gasteiger partial charge is 0.147 e. The summed E-state index contributed by atoms with van der Waals surface area (Å²) in [7, 11) is 0. The zero-order valence-electron chi connectivity index (χ0n) is 8.63. The molecular formula is C11H14BrFN2. The van der Waals surface area contributed by atoms with Crippen molar-refractivity contribution < 1.29 is 4.39 Å². The van der Waals surface area contributed by atoms with Crippen molar-refractivity contribution in [2.24, 2.45) is 0 Å². The van der Waals surface area contributed by atoms with Crippen LogP contribution in [0.2, 0.25) is 0 Å². The average Bonchev–Trinajstić information content (AvgIpc) is 2.20. The molecule has 1 saturated heterocycles. The maximum Gasteiger partial charge on any atom is 0.147 e. The van der Waals surface area contributed by atoms with Crippen molar-refractivity contribution in [1.29, 1.82) is 0 Å². The Labute approximate surface area is 97.6 Å². The van der Waals surface area contributed by atoms with Gasteiger partial charge in [-0.1, -0.05) is 6.07 Å². The number of hydrogen-bond acceptors (Lipinski definition) is 2. The lowest BCUT2D eigenvalue weighted by molar-refractivity contribution is 0.490. The van der Waals surface area contributed by atoms with E-state index in [0.717, 1.165) is 24.1 Å². The highest BCUT2D eigenvalue weighted by Gasteiger charge is 2.22. The van der Waals surface area contributed by atoms with Gasteiger partial charge in [0.05, 0.1) is 5.69 Å². The predicted octanol–water partition coefficient (Wildman–Crippen LogP) is 2.39. The summed E-state index contributed by atoms with van der Waals surface area (Å²) < 4.78 is 14.5. The maximum absolute atomic E-state index is 13.7. The number of anilines is 1. The second-order valence-corrected chi connectivity index (χ2v) is 4.67. The fourth-order valence-electron chi connectivity index (χ4n) is 1.94. The molecule has 1 atom stereocenters. The minimum atomic E-state index is -0.155. The van der Waals surface area contributed by atoms with E-state index in [9.17, 15) is 4.39 Å². The molecule has 1 aliphatic rings. The Morgan fingerprint density at radius 2 is 2.33 bits per heavy atom. The molecule has 4 heteroatoms. The number of halogens is 2. The van der Waals surface area contributed by atoms with Gasteiger partial charge in [0.1, 0.15) is 5.82 Å². The quantitative estimate of drug-likeness (QED) is 0.845. The Morgan fingerprint density at radius 1 is 1.53 bits per heavy atom. The van der Waals surface area contributed by atoms with Crippen LogP contribution in [-0.4, -0.2) is 25.7 Å². The lowest BCUT2D eigenvalue weighted by atomic mass is 10.1. The van der Waals surface area contributed by atoms with Gasteiger partial charge in [-0.25, -0.2) is 4.39 Å². The minimum absolute atomic E-state index is 0.155. The molecule has 82 valence electrons. The van der Waals surface area contributed by atoms with Crippen LogP contribution in [-0.2, 0) is 0 Å². The second kappa shape index (κ2) is 4.49.